The van der Waals surface area contributed by atoms with Crippen molar-refractivity contribution in [2.24, 2.45) is 0 Å². The first-order valence-electron chi connectivity index (χ1n) is 6.86. The second kappa shape index (κ2) is 6.32. The first-order valence-corrected chi connectivity index (χ1v) is 6.86. The van der Waals surface area contributed by atoms with Crippen molar-refractivity contribution in [3.63, 3.8) is 0 Å². The van der Waals surface area contributed by atoms with Gasteiger partial charge in [-0.1, -0.05) is 6.92 Å². The molecule has 2 rings (SSSR count). The Morgan fingerprint density at radius 2 is 2.05 bits per heavy atom. The van der Waals surface area contributed by atoms with Crippen LogP contribution in [0, 0.1) is 0 Å². The first-order chi connectivity index (χ1) is 9.61. The molecule has 0 fully saturated rings. The number of hydrogen-bond donors (Lipinski definition) is 1. The van der Waals surface area contributed by atoms with E-state index in [0.717, 1.165) is 12.0 Å². The van der Waals surface area contributed by atoms with Crippen LogP contribution in [0.1, 0.15) is 55.2 Å². The van der Waals surface area contributed by atoms with Crippen LogP contribution < -0.4 is 5.32 Å². The lowest BCUT2D eigenvalue weighted by atomic mass is 10.1. The van der Waals surface area contributed by atoms with Crippen LogP contribution in [0.2, 0.25) is 0 Å². The topological polar surface area (TPSA) is 59.8 Å². The minimum absolute atomic E-state index is 0.00657. The van der Waals surface area contributed by atoms with E-state index in [1.807, 2.05) is 32.9 Å². The van der Waals surface area contributed by atoms with Gasteiger partial charge in [-0.25, -0.2) is 0 Å². The average Bonchev–Trinajstić information content (AvgIpc) is 2.95. The smallest absolute Gasteiger partial charge is 0.254 e. The molecule has 5 nitrogen and oxygen atoms in total. The van der Waals surface area contributed by atoms with Gasteiger partial charge in [-0.2, -0.15) is 5.10 Å². The van der Waals surface area contributed by atoms with E-state index in [1.165, 1.54) is 0 Å². The molecule has 0 aliphatic heterocycles. The van der Waals surface area contributed by atoms with Crippen molar-refractivity contribution in [1.82, 2.24) is 20.1 Å². The Bertz CT molecular complexity index is 562. The van der Waals surface area contributed by atoms with Crippen molar-refractivity contribution < 1.29 is 4.79 Å². The van der Waals surface area contributed by atoms with E-state index in [1.54, 1.807) is 29.5 Å². The van der Waals surface area contributed by atoms with Gasteiger partial charge in [-0.05, 0) is 38.0 Å². The van der Waals surface area contributed by atoms with Crippen LogP contribution in [0.25, 0.3) is 0 Å². The summed E-state index contributed by atoms with van der Waals surface area (Å²) in [5.74, 6) is -0.0967. The highest BCUT2D eigenvalue weighted by Gasteiger charge is 2.15. The molecule has 2 aromatic rings. The van der Waals surface area contributed by atoms with Crippen LogP contribution in [-0.4, -0.2) is 20.7 Å². The molecule has 1 amide bonds. The summed E-state index contributed by atoms with van der Waals surface area (Å²) in [5.41, 5.74) is 1.65. The van der Waals surface area contributed by atoms with E-state index in [9.17, 15) is 4.79 Å². The maximum absolute atomic E-state index is 12.2. The number of carbonyl (C=O) groups excluding carboxylic acids is 1. The summed E-state index contributed by atoms with van der Waals surface area (Å²) in [6.07, 6.45) is 7.68. The molecular weight excluding hydrogens is 252 g/mol. The van der Waals surface area contributed by atoms with Gasteiger partial charge >= 0.3 is 0 Å². The fraction of sp³-hybridized carbons (Fsp3) is 0.400. The Morgan fingerprint density at radius 1 is 1.35 bits per heavy atom. The molecule has 0 spiro atoms. The number of pyridine rings is 1. The largest absolute Gasteiger partial charge is 0.345 e. The summed E-state index contributed by atoms with van der Waals surface area (Å²) in [6.45, 7) is 6.10. The van der Waals surface area contributed by atoms with Gasteiger partial charge in [0.05, 0.1) is 17.8 Å². The van der Waals surface area contributed by atoms with E-state index in [2.05, 4.69) is 15.4 Å². The Hall–Kier alpha value is -2.17. The number of rotatable bonds is 5. The minimum atomic E-state index is -0.0967. The van der Waals surface area contributed by atoms with Crippen LogP contribution in [0.3, 0.4) is 0 Å². The summed E-state index contributed by atoms with van der Waals surface area (Å²) >= 11 is 0. The van der Waals surface area contributed by atoms with E-state index in [0.29, 0.717) is 5.56 Å². The van der Waals surface area contributed by atoms with Crippen molar-refractivity contribution in [1.29, 1.82) is 0 Å². The first kappa shape index (κ1) is 14.2. The second-order valence-corrected chi connectivity index (χ2v) is 5.02. The summed E-state index contributed by atoms with van der Waals surface area (Å²) < 4.78 is 1.78. The van der Waals surface area contributed by atoms with Crippen LogP contribution >= 0.6 is 0 Å². The van der Waals surface area contributed by atoms with Crippen LogP contribution in [0.5, 0.6) is 0 Å². The van der Waals surface area contributed by atoms with E-state index in [-0.39, 0.29) is 18.0 Å². The molecule has 0 radical (unpaired) electrons. The molecule has 5 heteroatoms. The number of hydrogen-bond acceptors (Lipinski definition) is 3. The van der Waals surface area contributed by atoms with Crippen LogP contribution in [-0.2, 0) is 0 Å². The zero-order chi connectivity index (χ0) is 14.5. The van der Waals surface area contributed by atoms with Gasteiger partial charge in [0.25, 0.3) is 5.91 Å². The molecule has 0 unspecified atom stereocenters. The van der Waals surface area contributed by atoms with Crippen molar-refractivity contribution >= 4 is 5.91 Å². The molecule has 2 heterocycles. The van der Waals surface area contributed by atoms with Gasteiger partial charge in [0, 0.05) is 24.6 Å². The van der Waals surface area contributed by atoms with Gasteiger partial charge in [-0.3, -0.25) is 14.5 Å². The van der Waals surface area contributed by atoms with Crippen molar-refractivity contribution in [3.8, 4) is 0 Å². The zero-order valence-electron chi connectivity index (χ0n) is 12.1. The highest BCUT2D eigenvalue weighted by atomic mass is 16.1. The van der Waals surface area contributed by atoms with Crippen molar-refractivity contribution in [2.75, 3.05) is 0 Å². The summed E-state index contributed by atoms with van der Waals surface area (Å²) in [6, 6.07) is 4.09. The van der Waals surface area contributed by atoms with Crippen molar-refractivity contribution in [3.05, 3.63) is 48.0 Å². The third-order valence-corrected chi connectivity index (χ3v) is 3.21. The van der Waals surface area contributed by atoms with Crippen LogP contribution in [0.15, 0.2) is 36.9 Å². The van der Waals surface area contributed by atoms with Crippen LogP contribution in [0.4, 0.5) is 0 Å². The lowest BCUT2D eigenvalue weighted by Crippen LogP contribution is -2.27. The standard InChI is InChI=1S/C15H20N4O/c1-4-14(12-5-7-16-8-6-12)18-15(20)13-9-17-19(10-13)11(2)3/h5-11,14H,4H2,1-3H3,(H,18,20)/t14-/m0/s1. The summed E-state index contributed by atoms with van der Waals surface area (Å²) in [4.78, 5) is 16.2. The quantitative estimate of drug-likeness (QED) is 0.910. The lowest BCUT2D eigenvalue weighted by molar-refractivity contribution is 0.0935. The number of carbonyl (C=O) groups is 1. The SMILES string of the molecule is CC[C@H](NC(=O)c1cnn(C(C)C)c1)c1ccncc1. The minimum Gasteiger partial charge on any atom is -0.345 e. The normalized spacial score (nSPS) is 12.4. The highest BCUT2D eigenvalue weighted by Crippen LogP contribution is 2.16. The second-order valence-electron chi connectivity index (χ2n) is 5.02. The molecular formula is C15H20N4O. The monoisotopic (exact) mass is 272 g/mol. The Morgan fingerprint density at radius 3 is 2.60 bits per heavy atom. The summed E-state index contributed by atoms with van der Waals surface area (Å²) in [7, 11) is 0. The average molecular weight is 272 g/mol. The molecule has 0 saturated heterocycles. The highest BCUT2D eigenvalue weighted by molar-refractivity contribution is 5.93. The van der Waals surface area contributed by atoms with E-state index >= 15 is 0 Å². The third kappa shape index (κ3) is 3.23. The van der Waals surface area contributed by atoms with Crippen molar-refractivity contribution in [2.45, 2.75) is 39.3 Å². The maximum atomic E-state index is 12.2. The lowest BCUT2D eigenvalue weighted by Gasteiger charge is -2.16. The van der Waals surface area contributed by atoms with Gasteiger partial charge in [0.15, 0.2) is 0 Å². The van der Waals surface area contributed by atoms with Gasteiger partial charge < -0.3 is 5.32 Å². The Kier molecular flexibility index (Phi) is 4.50. The Balaban J connectivity index is 2.09. The molecule has 0 bridgehead atoms. The van der Waals surface area contributed by atoms with Gasteiger partial charge in [-0.15, -0.1) is 0 Å². The molecule has 2 aromatic heterocycles. The fourth-order valence-electron chi connectivity index (χ4n) is 2.00. The molecule has 20 heavy (non-hydrogen) atoms. The maximum Gasteiger partial charge on any atom is 0.254 e. The van der Waals surface area contributed by atoms with E-state index in [4.69, 9.17) is 0 Å². The number of aromatic nitrogens is 3. The summed E-state index contributed by atoms with van der Waals surface area (Å²) in [5, 5.41) is 7.22. The molecule has 106 valence electrons. The third-order valence-electron chi connectivity index (χ3n) is 3.21. The zero-order valence-corrected chi connectivity index (χ0v) is 12.1. The Labute approximate surface area is 119 Å². The number of amides is 1. The molecule has 0 saturated carbocycles. The van der Waals surface area contributed by atoms with Gasteiger partial charge in [0.2, 0.25) is 0 Å². The predicted octanol–water partition coefficient (Wildman–Crippen LogP) is 2.74. The number of nitrogens with one attached hydrogen (secondary N) is 1. The van der Waals surface area contributed by atoms with E-state index < -0.39 is 0 Å². The molecule has 0 aliphatic rings. The molecule has 0 aliphatic carbocycles. The molecule has 1 atom stereocenters. The molecule has 1 N–H and O–H groups in total. The number of nitrogens with zero attached hydrogens (tertiary/aromatic N) is 3. The predicted molar refractivity (Wildman–Crippen MR) is 77.3 cm³/mol. The fourth-order valence-corrected chi connectivity index (χ4v) is 2.00. The molecule has 0 aromatic carbocycles. The van der Waals surface area contributed by atoms with Gasteiger partial charge in [0.1, 0.15) is 0 Å².